The molecule has 0 saturated carbocycles. The number of benzene rings is 1. The summed E-state index contributed by atoms with van der Waals surface area (Å²) in [6.07, 6.45) is 3.24. The molecule has 0 bridgehead atoms. The van der Waals surface area contributed by atoms with Gasteiger partial charge in [-0.15, -0.1) is 0 Å². The lowest BCUT2D eigenvalue weighted by molar-refractivity contribution is 0.256. The summed E-state index contributed by atoms with van der Waals surface area (Å²) in [5.41, 5.74) is 1.35. The molecule has 0 atom stereocenters. The van der Waals surface area contributed by atoms with Gasteiger partial charge in [0.1, 0.15) is 0 Å². The van der Waals surface area contributed by atoms with Crippen molar-refractivity contribution in [3.8, 4) is 0 Å². The highest BCUT2D eigenvalue weighted by molar-refractivity contribution is 7.98. The SMILES string of the molecule is CCNC(=NCCCN1CCN(c2ccccc2)CC1)NCCSC. The van der Waals surface area contributed by atoms with Crippen molar-refractivity contribution in [2.24, 2.45) is 4.99 Å². The van der Waals surface area contributed by atoms with Crippen LogP contribution in [0.2, 0.25) is 0 Å². The van der Waals surface area contributed by atoms with Crippen molar-refractivity contribution in [1.29, 1.82) is 0 Å². The fourth-order valence-corrected chi connectivity index (χ4v) is 3.27. The van der Waals surface area contributed by atoms with Crippen molar-refractivity contribution in [1.82, 2.24) is 15.5 Å². The third-order valence-corrected chi connectivity index (χ3v) is 4.95. The van der Waals surface area contributed by atoms with Gasteiger partial charge in [0, 0.05) is 63.8 Å². The minimum absolute atomic E-state index is 0.882. The average molecular weight is 364 g/mol. The van der Waals surface area contributed by atoms with Crippen molar-refractivity contribution < 1.29 is 0 Å². The van der Waals surface area contributed by atoms with Gasteiger partial charge in [-0.25, -0.2) is 0 Å². The Morgan fingerprint density at radius 1 is 1.12 bits per heavy atom. The molecule has 1 heterocycles. The summed E-state index contributed by atoms with van der Waals surface area (Å²) >= 11 is 1.85. The zero-order chi connectivity index (χ0) is 17.7. The van der Waals surface area contributed by atoms with Crippen LogP contribution in [0.4, 0.5) is 5.69 Å². The van der Waals surface area contributed by atoms with Gasteiger partial charge in [0.25, 0.3) is 0 Å². The van der Waals surface area contributed by atoms with Gasteiger partial charge in [0.05, 0.1) is 0 Å². The molecule has 2 rings (SSSR count). The van der Waals surface area contributed by atoms with Crippen molar-refractivity contribution in [2.75, 3.05) is 69.3 Å². The highest BCUT2D eigenvalue weighted by Crippen LogP contribution is 2.15. The molecule has 0 radical (unpaired) electrons. The van der Waals surface area contributed by atoms with Gasteiger partial charge in [-0.1, -0.05) is 18.2 Å². The van der Waals surface area contributed by atoms with Crippen LogP contribution in [0.1, 0.15) is 13.3 Å². The minimum Gasteiger partial charge on any atom is -0.369 e. The first-order valence-corrected chi connectivity index (χ1v) is 10.8. The summed E-state index contributed by atoms with van der Waals surface area (Å²) < 4.78 is 0. The quantitative estimate of drug-likeness (QED) is 0.400. The Morgan fingerprint density at radius 3 is 2.56 bits per heavy atom. The summed E-state index contributed by atoms with van der Waals surface area (Å²) in [5.74, 6) is 2.06. The summed E-state index contributed by atoms with van der Waals surface area (Å²) in [5, 5.41) is 6.70. The molecule has 6 heteroatoms. The van der Waals surface area contributed by atoms with Crippen LogP contribution in [-0.4, -0.2) is 75.2 Å². The van der Waals surface area contributed by atoms with E-state index in [1.807, 2.05) is 11.8 Å². The van der Waals surface area contributed by atoms with Gasteiger partial charge in [-0.3, -0.25) is 9.89 Å². The first-order valence-electron chi connectivity index (χ1n) is 9.37. The monoisotopic (exact) mass is 363 g/mol. The number of anilines is 1. The van der Waals surface area contributed by atoms with E-state index in [1.165, 1.54) is 5.69 Å². The summed E-state index contributed by atoms with van der Waals surface area (Å²) in [6, 6.07) is 10.7. The van der Waals surface area contributed by atoms with E-state index in [4.69, 9.17) is 0 Å². The molecule has 0 unspecified atom stereocenters. The number of para-hydroxylation sites is 1. The maximum Gasteiger partial charge on any atom is 0.191 e. The fourth-order valence-electron chi connectivity index (χ4n) is 2.97. The average Bonchev–Trinajstić information content (AvgIpc) is 2.66. The highest BCUT2D eigenvalue weighted by atomic mass is 32.2. The van der Waals surface area contributed by atoms with E-state index in [-0.39, 0.29) is 0 Å². The molecule has 0 amide bonds. The van der Waals surface area contributed by atoms with Gasteiger partial charge in [-0.2, -0.15) is 11.8 Å². The lowest BCUT2D eigenvalue weighted by Gasteiger charge is -2.36. The third kappa shape index (κ3) is 7.57. The smallest absolute Gasteiger partial charge is 0.191 e. The van der Waals surface area contributed by atoms with Crippen molar-refractivity contribution in [3.05, 3.63) is 30.3 Å². The summed E-state index contributed by atoms with van der Waals surface area (Å²) in [7, 11) is 0. The van der Waals surface area contributed by atoms with Crippen LogP contribution in [0.5, 0.6) is 0 Å². The predicted octanol–water partition coefficient (Wildman–Crippen LogP) is 2.12. The van der Waals surface area contributed by atoms with Crippen LogP contribution >= 0.6 is 11.8 Å². The van der Waals surface area contributed by atoms with E-state index in [9.17, 15) is 0 Å². The summed E-state index contributed by atoms with van der Waals surface area (Å²) in [4.78, 5) is 9.72. The number of nitrogens with one attached hydrogen (secondary N) is 2. The van der Waals surface area contributed by atoms with E-state index in [1.54, 1.807) is 0 Å². The van der Waals surface area contributed by atoms with Crippen LogP contribution in [0.25, 0.3) is 0 Å². The zero-order valence-corrected chi connectivity index (χ0v) is 16.5. The van der Waals surface area contributed by atoms with Gasteiger partial charge in [0.15, 0.2) is 5.96 Å². The molecule has 1 aromatic carbocycles. The number of thioether (sulfide) groups is 1. The second-order valence-corrected chi connectivity index (χ2v) is 7.18. The zero-order valence-electron chi connectivity index (χ0n) is 15.7. The van der Waals surface area contributed by atoms with Gasteiger partial charge < -0.3 is 15.5 Å². The number of aliphatic imine (C=N–C) groups is 1. The Balaban J connectivity index is 1.64. The Kier molecular flexibility index (Phi) is 9.59. The lowest BCUT2D eigenvalue weighted by atomic mass is 10.2. The van der Waals surface area contributed by atoms with Crippen molar-refractivity contribution >= 4 is 23.4 Å². The molecule has 1 aromatic rings. The number of guanidine groups is 1. The van der Waals surface area contributed by atoms with Crippen LogP contribution in [0.3, 0.4) is 0 Å². The van der Waals surface area contributed by atoms with Crippen LogP contribution < -0.4 is 15.5 Å². The highest BCUT2D eigenvalue weighted by Gasteiger charge is 2.16. The Morgan fingerprint density at radius 2 is 1.88 bits per heavy atom. The predicted molar refractivity (Wildman–Crippen MR) is 112 cm³/mol. The Hall–Kier alpha value is -1.40. The molecule has 2 N–H and O–H groups in total. The molecule has 1 saturated heterocycles. The number of piperazine rings is 1. The second-order valence-electron chi connectivity index (χ2n) is 6.20. The number of nitrogens with zero attached hydrogens (tertiary/aromatic N) is 3. The number of hydrogen-bond donors (Lipinski definition) is 2. The van der Waals surface area contributed by atoms with Gasteiger partial charge >= 0.3 is 0 Å². The molecule has 1 aliphatic rings. The molecule has 0 spiro atoms. The van der Waals surface area contributed by atoms with Gasteiger partial charge in [0.2, 0.25) is 0 Å². The molecular formula is C19H33N5S. The van der Waals surface area contributed by atoms with E-state index in [2.05, 4.69) is 68.9 Å². The summed E-state index contributed by atoms with van der Waals surface area (Å²) in [6.45, 7) is 10.5. The normalized spacial score (nSPS) is 16.1. The lowest BCUT2D eigenvalue weighted by Crippen LogP contribution is -2.46. The molecule has 1 fully saturated rings. The maximum absolute atomic E-state index is 4.68. The first-order chi connectivity index (χ1) is 12.3. The maximum atomic E-state index is 4.68. The second kappa shape index (κ2) is 12.0. The molecule has 0 aromatic heterocycles. The number of rotatable bonds is 9. The third-order valence-electron chi connectivity index (χ3n) is 4.34. The van der Waals surface area contributed by atoms with Crippen molar-refractivity contribution in [2.45, 2.75) is 13.3 Å². The standard InChI is InChI=1S/C19H33N5S/c1-3-20-19(22-11-17-25-2)21-10-7-12-23-13-15-24(16-14-23)18-8-5-4-6-9-18/h4-6,8-9H,3,7,10-17H2,1-2H3,(H2,20,21,22). The Labute approximate surface area is 157 Å². The topological polar surface area (TPSA) is 42.9 Å². The first kappa shape index (κ1) is 19.9. The van der Waals surface area contributed by atoms with Crippen molar-refractivity contribution in [3.63, 3.8) is 0 Å². The molecule has 25 heavy (non-hydrogen) atoms. The Bertz CT molecular complexity index is 486. The fraction of sp³-hybridized carbons (Fsp3) is 0.632. The van der Waals surface area contributed by atoms with E-state index in [0.717, 1.165) is 70.5 Å². The van der Waals surface area contributed by atoms with Gasteiger partial charge in [-0.05, 0) is 31.7 Å². The molecular weight excluding hydrogens is 330 g/mol. The molecule has 140 valence electrons. The van der Waals surface area contributed by atoms with Crippen LogP contribution in [-0.2, 0) is 0 Å². The molecule has 1 aliphatic heterocycles. The van der Waals surface area contributed by atoms with Crippen LogP contribution in [0.15, 0.2) is 35.3 Å². The van der Waals surface area contributed by atoms with E-state index < -0.39 is 0 Å². The largest absolute Gasteiger partial charge is 0.369 e. The van der Waals surface area contributed by atoms with Crippen LogP contribution in [0, 0.1) is 0 Å². The van der Waals surface area contributed by atoms with E-state index in [0.29, 0.717) is 0 Å². The van der Waals surface area contributed by atoms with E-state index >= 15 is 0 Å². The molecule has 5 nitrogen and oxygen atoms in total. The number of hydrogen-bond acceptors (Lipinski definition) is 4. The minimum atomic E-state index is 0.882. The molecule has 0 aliphatic carbocycles.